The number of para-hydroxylation sites is 1. The van der Waals surface area contributed by atoms with Crippen LogP contribution in [0.3, 0.4) is 0 Å². The molecule has 0 spiro atoms. The molecule has 0 bridgehead atoms. The van der Waals surface area contributed by atoms with Crippen molar-refractivity contribution in [1.29, 1.82) is 0 Å². The number of aromatic nitrogens is 2. The molecule has 1 fully saturated rings. The standard InChI is InChI=1S/C19H26N4O2/c1-15-12-22-23(14-15)11-5-10-20-19(24)21-13-16-6-2-3-9-18(16)25-17-7-4-8-17/h2-3,6,9,12,14,17H,4-5,7-8,10-11,13H2,1H3,(H2,20,21,24). The van der Waals surface area contributed by atoms with Crippen molar-refractivity contribution in [1.82, 2.24) is 20.4 Å². The third kappa shape index (κ3) is 5.24. The molecular weight excluding hydrogens is 316 g/mol. The number of hydrogen-bond acceptors (Lipinski definition) is 3. The van der Waals surface area contributed by atoms with Gasteiger partial charge in [-0.25, -0.2) is 4.79 Å². The molecule has 3 rings (SSSR count). The normalized spacial score (nSPS) is 14.0. The predicted octanol–water partition coefficient (Wildman–Crippen LogP) is 3.01. The van der Waals surface area contributed by atoms with Crippen molar-refractivity contribution in [3.8, 4) is 5.75 Å². The quantitative estimate of drug-likeness (QED) is 0.725. The lowest BCUT2D eigenvalue weighted by Gasteiger charge is -2.27. The summed E-state index contributed by atoms with van der Waals surface area (Å²) in [5.41, 5.74) is 2.16. The van der Waals surface area contributed by atoms with Crippen molar-refractivity contribution in [3.63, 3.8) is 0 Å². The lowest BCUT2D eigenvalue weighted by Crippen LogP contribution is -2.36. The summed E-state index contributed by atoms with van der Waals surface area (Å²) in [6, 6.07) is 7.74. The van der Waals surface area contributed by atoms with E-state index < -0.39 is 0 Å². The highest BCUT2D eigenvalue weighted by Gasteiger charge is 2.20. The fourth-order valence-electron chi connectivity index (χ4n) is 2.70. The fourth-order valence-corrected chi connectivity index (χ4v) is 2.70. The van der Waals surface area contributed by atoms with Gasteiger partial charge in [0, 0.05) is 31.4 Å². The molecule has 1 aromatic carbocycles. The molecule has 1 aromatic heterocycles. The van der Waals surface area contributed by atoms with Crippen LogP contribution in [0.2, 0.25) is 0 Å². The molecule has 0 radical (unpaired) electrons. The Labute approximate surface area is 148 Å². The minimum Gasteiger partial charge on any atom is -0.490 e. The van der Waals surface area contributed by atoms with E-state index in [1.54, 1.807) is 0 Å². The number of nitrogens with zero attached hydrogens (tertiary/aromatic N) is 2. The van der Waals surface area contributed by atoms with Gasteiger partial charge >= 0.3 is 6.03 Å². The van der Waals surface area contributed by atoms with Crippen LogP contribution in [0.25, 0.3) is 0 Å². The summed E-state index contributed by atoms with van der Waals surface area (Å²) in [5, 5.41) is 10.0. The third-order valence-corrected chi connectivity index (χ3v) is 4.37. The number of aryl methyl sites for hydroxylation is 2. The zero-order valence-corrected chi connectivity index (χ0v) is 14.7. The highest BCUT2D eigenvalue weighted by atomic mass is 16.5. The molecule has 25 heavy (non-hydrogen) atoms. The summed E-state index contributed by atoms with van der Waals surface area (Å²) in [7, 11) is 0. The Bertz CT molecular complexity index is 694. The Kier molecular flexibility index (Phi) is 5.93. The minimum absolute atomic E-state index is 0.157. The van der Waals surface area contributed by atoms with Crippen molar-refractivity contribution < 1.29 is 9.53 Å². The molecule has 6 nitrogen and oxygen atoms in total. The van der Waals surface area contributed by atoms with Crippen molar-refractivity contribution in [3.05, 3.63) is 47.8 Å². The van der Waals surface area contributed by atoms with Gasteiger partial charge in [-0.1, -0.05) is 18.2 Å². The van der Waals surface area contributed by atoms with Crippen LogP contribution < -0.4 is 15.4 Å². The number of carbonyl (C=O) groups is 1. The zero-order chi connectivity index (χ0) is 17.5. The molecule has 1 heterocycles. The molecule has 2 N–H and O–H groups in total. The van der Waals surface area contributed by atoms with Crippen molar-refractivity contribution in [2.75, 3.05) is 6.54 Å². The van der Waals surface area contributed by atoms with E-state index in [1.165, 1.54) is 6.42 Å². The van der Waals surface area contributed by atoms with E-state index >= 15 is 0 Å². The lowest BCUT2D eigenvalue weighted by molar-refractivity contribution is 0.119. The van der Waals surface area contributed by atoms with Gasteiger partial charge in [0.2, 0.25) is 0 Å². The summed E-state index contributed by atoms with van der Waals surface area (Å²) in [6.07, 6.45) is 8.50. The maximum atomic E-state index is 11.9. The second-order valence-corrected chi connectivity index (χ2v) is 6.52. The molecule has 134 valence electrons. The molecule has 2 amide bonds. The number of rotatable bonds is 8. The van der Waals surface area contributed by atoms with Crippen LogP contribution in [-0.2, 0) is 13.1 Å². The van der Waals surface area contributed by atoms with E-state index in [1.807, 2.05) is 48.3 Å². The minimum atomic E-state index is -0.157. The van der Waals surface area contributed by atoms with Gasteiger partial charge in [0.15, 0.2) is 0 Å². The van der Waals surface area contributed by atoms with Crippen LogP contribution in [0.4, 0.5) is 4.79 Å². The smallest absolute Gasteiger partial charge is 0.315 e. The van der Waals surface area contributed by atoms with Crippen LogP contribution >= 0.6 is 0 Å². The van der Waals surface area contributed by atoms with Gasteiger partial charge < -0.3 is 15.4 Å². The number of carbonyl (C=O) groups excluding carboxylic acids is 1. The number of urea groups is 1. The molecule has 0 saturated heterocycles. The number of benzene rings is 1. The molecule has 2 aromatic rings. The maximum Gasteiger partial charge on any atom is 0.315 e. The van der Waals surface area contributed by atoms with Crippen LogP contribution in [0.5, 0.6) is 5.75 Å². The Morgan fingerprint density at radius 1 is 1.32 bits per heavy atom. The molecule has 0 atom stereocenters. The number of hydrogen-bond donors (Lipinski definition) is 2. The van der Waals surface area contributed by atoms with Crippen LogP contribution in [0.15, 0.2) is 36.7 Å². The van der Waals surface area contributed by atoms with Crippen LogP contribution in [0.1, 0.15) is 36.8 Å². The number of amides is 2. The molecule has 0 aliphatic heterocycles. The highest BCUT2D eigenvalue weighted by Crippen LogP contribution is 2.27. The second kappa shape index (κ2) is 8.55. The van der Waals surface area contributed by atoms with E-state index in [-0.39, 0.29) is 6.03 Å². The first-order valence-corrected chi connectivity index (χ1v) is 8.96. The molecule has 6 heteroatoms. The lowest BCUT2D eigenvalue weighted by atomic mass is 9.96. The Morgan fingerprint density at radius 2 is 2.16 bits per heavy atom. The van der Waals surface area contributed by atoms with Crippen LogP contribution in [0, 0.1) is 6.92 Å². The van der Waals surface area contributed by atoms with E-state index in [9.17, 15) is 4.79 Å². The average molecular weight is 342 g/mol. The largest absolute Gasteiger partial charge is 0.490 e. The summed E-state index contributed by atoms with van der Waals surface area (Å²) >= 11 is 0. The first-order chi connectivity index (χ1) is 12.2. The number of ether oxygens (including phenoxy) is 1. The first kappa shape index (κ1) is 17.3. The number of nitrogens with one attached hydrogen (secondary N) is 2. The summed E-state index contributed by atoms with van der Waals surface area (Å²) in [5.74, 6) is 0.876. The Morgan fingerprint density at radius 3 is 2.88 bits per heavy atom. The molecular formula is C19H26N4O2. The van der Waals surface area contributed by atoms with Gasteiger partial charge in [-0.3, -0.25) is 4.68 Å². The van der Waals surface area contributed by atoms with Gasteiger partial charge in [-0.15, -0.1) is 0 Å². The summed E-state index contributed by atoms with van der Waals surface area (Å²) in [4.78, 5) is 11.9. The van der Waals surface area contributed by atoms with Gasteiger partial charge in [-0.2, -0.15) is 5.10 Å². The third-order valence-electron chi connectivity index (χ3n) is 4.37. The van der Waals surface area contributed by atoms with Crippen molar-refractivity contribution >= 4 is 6.03 Å². The summed E-state index contributed by atoms with van der Waals surface area (Å²) in [6.45, 7) is 3.89. The van der Waals surface area contributed by atoms with Gasteiger partial charge in [-0.05, 0) is 44.2 Å². The van der Waals surface area contributed by atoms with Crippen molar-refractivity contribution in [2.24, 2.45) is 0 Å². The Balaban J connectivity index is 1.37. The van der Waals surface area contributed by atoms with Crippen molar-refractivity contribution in [2.45, 2.75) is 51.8 Å². The molecule has 1 saturated carbocycles. The maximum absolute atomic E-state index is 11.9. The Hall–Kier alpha value is -2.50. The monoisotopic (exact) mass is 342 g/mol. The molecule has 1 aliphatic carbocycles. The average Bonchev–Trinajstić information content (AvgIpc) is 2.99. The topological polar surface area (TPSA) is 68.2 Å². The molecule has 0 unspecified atom stereocenters. The molecule has 1 aliphatic rings. The fraction of sp³-hybridized carbons (Fsp3) is 0.474. The van der Waals surface area contributed by atoms with Gasteiger partial charge in [0.05, 0.1) is 12.3 Å². The van der Waals surface area contributed by atoms with E-state index in [2.05, 4.69) is 15.7 Å². The summed E-state index contributed by atoms with van der Waals surface area (Å²) < 4.78 is 7.87. The first-order valence-electron chi connectivity index (χ1n) is 8.96. The zero-order valence-electron chi connectivity index (χ0n) is 14.7. The van der Waals surface area contributed by atoms with Crippen LogP contribution in [-0.4, -0.2) is 28.5 Å². The van der Waals surface area contributed by atoms with E-state index in [0.29, 0.717) is 19.2 Å². The van der Waals surface area contributed by atoms with E-state index in [4.69, 9.17) is 4.74 Å². The van der Waals surface area contributed by atoms with E-state index in [0.717, 1.165) is 42.7 Å². The highest BCUT2D eigenvalue weighted by molar-refractivity contribution is 5.73. The SMILES string of the molecule is Cc1cnn(CCCNC(=O)NCc2ccccc2OC2CCC2)c1. The predicted molar refractivity (Wildman–Crippen MR) is 96.5 cm³/mol. The second-order valence-electron chi connectivity index (χ2n) is 6.52. The van der Waals surface area contributed by atoms with Gasteiger partial charge in [0.25, 0.3) is 0 Å². The van der Waals surface area contributed by atoms with Gasteiger partial charge in [0.1, 0.15) is 5.75 Å².